The second-order valence-corrected chi connectivity index (χ2v) is 4.73. The molecular formula is C14H17NO5. The summed E-state index contributed by atoms with van der Waals surface area (Å²) in [6.45, 7) is 1.63. The van der Waals surface area contributed by atoms with Crippen LogP contribution < -0.4 is 10.1 Å². The lowest BCUT2D eigenvalue weighted by atomic mass is 9.97. The van der Waals surface area contributed by atoms with Gasteiger partial charge in [0, 0.05) is 19.9 Å². The van der Waals surface area contributed by atoms with Crippen molar-refractivity contribution < 1.29 is 24.5 Å². The Morgan fingerprint density at radius 1 is 1.45 bits per heavy atom. The number of ether oxygens (including phenoxy) is 1. The highest BCUT2D eigenvalue weighted by Gasteiger charge is 2.23. The molecule has 108 valence electrons. The standard InChI is InChI=1S/C14H17NO5/c1-8(16)15-7-12(18)14(19)9-2-3-13-10(6-9)11(17)4-5-20-13/h2-3,6,12,14,18-19H,4-5,7H2,1H3,(H,15,16). The van der Waals surface area contributed by atoms with Crippen LogP contribution in [-0.4, -0.2) is 41.2 Å². The molecule has 0 radical (unpaired) electrons. The van der Waals surface area contributed by atoms with Crippen molar-refractivity contribution in [2.45, 2.75) is 25.6 Å². The summed E-state index contributed by atoms with van der Waals surface area (Å²) >= 11 is 0. The van der Waals surface area contributed by atoms with Crippen molar-refractivity contribution in [2.75, 3.05) is 13.2 Å². The van der Waals surface area contributed by atoms with E-state index in [2.05, 4.69) is 5.32 Å². The summed E-state index contributed by atoms with van der Waals surface area (Å²) in [7, 11) is 0. The molecule has 6 nitrogen and oxygen atoms in total. The zero-order valence-electron chi connectivity index (χ0n) is 11.1. The highest BCUT2D eigenvalue weighted by molar-refractivity contribution is 5.99. The molecule has 0 spiro atoms. The second-order valence-electron chi connectivity index (χ2n) is 4.73. The molecule has 0 saturated heterocycles. The molecule has 1 aromatic rings. The predicted molar refractivity (Wildman–Crippen MR) is 70.5 cm³/mol. The molecular weight excluding hydrogens is 262 g/mol. The fourth-order valence-corrected chi connectivity index (χ4v) is 2.05. The minimum atomic E-state index is -1.18. The van der Waals surface area contributed by atoms with E-state index in [0.29, 0.717) is 29.9 Å². The third-order valence-corrected chi connectivity index (χ3v) is 3.16. The Morgan fingerprint density at radius 3 is 2.90 bits per heavy atom. The first kappa shape index (κ1) is 14.5. The Kier molecular flexibility index (Phi) is 4.36. The van der Waals surface area contributed by atoms with Crippen LogP contribution in [0.3, 0.4) is 0 Å². The van der Waals surface area contributed by atoms with Crippen molar-refractivity contribution in [3.05, 3.63) is 29.3 Å². The van der Waals surface area contributed by atoms with Crippen LogP contribution in [0.2, 0.25) is 0 Å². The van der Waals surface area contributed by atoms with Crippen molar-refractivity contribution in [1.82, 2.24) is 5.32 Å². The number of Topliss-reactive ketones (excluding diaryl/α,β-unsaturated/α-hetero) is 1. The van der Waals surface area contributed by atoms with Gasteiger partial charge in [-0.15, -0.1) is 0 Å². The summed E-state index contributed by atoms with van der Waals surface area (Å²) in [5.74, 6) is 0.162. The van der Waals surface area contributed by atoms with Gasteiger partial charge in [0.25, 0.3) is 0 Å². The summed E-state index contributed by atoms with van der Waals surface area (Å²) in [5.41, 5.74) is 0.833. The molecule has 2 unspecified atom stereocenters. The molecule has 0 aliphatic carbocycles. The maximum atomic E-state index is 11.8. The molecule has 1 aliphatic rings. The number of ketones is 1. The molecule has 1 aromatic carbocycles. The Bertz CT molecular complexity index is 528. The molecule has 0 fully saturated rings. The van der Waals surface area contributed by atoms with Gasteiger partial charge in [-0.3, -0.25) is 9.59 Å². The van der Waals surface area contributed by atoms with Crippen molar-refractivity contribution in [3.63, 3.8) is 0 Å². The number of nitrogens with one attached hydrogen (secondary N) is 1. The number of carbonyl (C=O) groups is 2. The topological polar surface area (TPSA) is 95.9 Å². The highest BCUT2D eigenvalue weighted by Crippen LogP contribution is 2.28. The summed E-state index contributed by atoms with van der Waals surface area (Å²) in [6, 6.07) is 4.73. The van der Waals surface area contributed by atoms with Crippen molar-refractivity contribution >= 4 is 11.7 Å². The predicted octanol–water partition coefficient (Wildman–Crippen LogP) is 0.182. The fourth-order valence-electron chi connectivity index (χ4n) is 2.05. The third-order valence-electron chi connectivity index (χ3n) is 3.16. The maximum Gasteiger partial charge on any atom is 0.216 e. The average molecular weight is 279 g/mol. The van der Waals surface area contributed by atoms with Crippen LogP contribution in [0.1, 0.15) is 35.4 Å². The van der Waals surface area contributed by atoms with Crippen LogP contribution in [0.4, 0.5) is 0 Å². The number of benzene rings is 1. The average Bonchev–Trinajstić information content (AvgIpc) is 2.44. The number of amides is 1. The Labute approximate surface area is 116 Å². The normalized spacial score (nSPS) is 16.9. The van der Waals surface area contributed by atoms with E-state index in [-0.39, 0.29) is 18.2 Å². The van der Waals surface area contributed by atoms with E-state index >= 15 is 0 Å². The third kappa shape index (κ3) is 3.15. The summed E-state index contributed by atoms with van der Waals surface area (Å²) in [6.07, 6.45) is -2.01. The van der Waals surface area contributed by atoms with Crippen LogP contribution >= 0.6 is 0 Å². The zero-order valence-corrected chi connectivity index (χ0v) is 11.1. The van der Waals surface area contributed by atoms with E-state index in [4.69, 9.17) is 4.74 Å². The molecule has 20 heavy (non-hydrogen) atoms. The van der Waals surface area contributed by atoms with E-state index in [1.54, 1.807) is 12.1 Å². The zero-order chi connectivity index (χ0) is 14.7. The van der Waals surface area contributed by atoms with Gasteiger partial charge in [0.05, 0.1) is 12.2 Å². The Balaban J connectivity index is 2.14. The van der Waals surface area contributed by atoms with Crippen LogP contribution in [0.15, 0.2) is 18.2 Å². The molecule has 1 heterocycles. The van der Waals surface area contributed by atoms with Gasteiger partial charge in [0.15, 0.2) is 5.78 Å². The first-order valence-corrected chi connectivity index (χ1v) is 6.39. The SMILES string of the molecule is CC(=O)NCC(O)C(O)c1ccc2c(c1)C(=O)CCO2. The Hall–Kier alpha value is -1.92. The van der Waals surface area contributed by atoms with Gasteiger partial charge in [-0.2, -0.15) is 0 Å². The smallest absolute Gasteiger partial charge is 0.216 e. The van der Waals surface area contributed by atoms with E-state index in [1.807, 2.05) is 0 Å². The summed E-state index contributed by atoms with van der Waals surface area (Å²) in [4.78, 5) is 22.5. The van der Waals surface area contributed by atoms with Gasteiger partial charge in [-0.05, 0) is 17.7 Å². The van der Waals surface area contributed by atoms with Gasteiger partial charge < -0.3 is 20.3 Å². The monoisotopic (exact) mass is 279 g/mol. The molecule has 2 atom stereocenters. The molecule has 3 N–H and O–H groups in total. The van der Waals surface area contributed by atoms with Crippen molar-refractivity contribution in [2.24, 2.45) is 0 Å². The van der Waals surface area contributed by atoms with E-state index in [9.17, 15) is 19.8 Å². The molecule has 0 saturated carbocycles. The second kappa shape index (κ2) is 6.02. The first-order chi connectivity index (χ1) is 9.49. The summed E-state index contributed by atoms with van der Waals surface area (Å²) in [5, 5.41) is 22.3. The van der Waals surface area contributed by atoms with Crippen LogP contribution in [0.25, 0.3) is 0 Å². The highest BCUT2D eigenvalue weighted by atomic mass is 16.5. The number of aliphatic hydroxyl groups is 2. The quantitative estimate of drug-likeness (QED) is 0.731. The number of hydrogen-bond donors (Lipinski definition) is 3. The minimum Gasteiger partial charge on any atom is -0.492 e. The molecule has 1 amide bonds. The van der Waals surface area contributed by atoms with Crippen molar-refractivity contribution in [1.29, 1.82) is 0 Å². The number of aliphatic hydroxyl groups excluding tert-OH is 2. The van der Waals surface area contributed by atoms with Crippen LogP contribution in [0.5, 0.6) is 5.75 Å². The number of rotatable bonds is 4. The Morgan fingerprint density at radius 2 is 2.20 bits per heavy atom. The summed E-state index contributed by atoms with van der Waals surface area (Å²) < 4.78 is 5.35. The van der Waals surface area contributed by atoms with E-state index in [0.717, 1.165) is 0 Å². The first-order valence-electron chi connectivity index (χ1n) is 6.39. The molecule has 0 aromatic heterocycles. The maximum absolute atomic E-state index is 11.8. The van der Waals surface area contributed by atoms with Crippen molar-refractivity contribution in [3.8, 4) is 5.75 Å². The minimum absolute atomic E-state index is 0.0448. The molecule has 0 bridgehead atoms. The number of hydrogen-bond acceptors (Lipinski definition) is 5. The fraction of sp³-hybridized carbons (Fsp3) is 0.429. The lowest BCUT2D eigenvalue weighted by Crippen LogP contribution is -2.34. The molecule has 1 aliphatic heterocycles. The van der Waals surface area contributed by atoms with Crippen LogP contribution in [-0.2, 0) is 4.79 Å². The van der Waals surface area contributed by atoms with Gasteiger partial charge in [0.1, 0.15) is 18.0 Å². The lowest BCUT2D eigenvalue weighted by molar-refractivity contribution is -0.119. The van der Waals surface area contributed by atoms with E-state index < -0.39 is 12.2 Å². The van der Waals surface area contributed by atoms with Gasteiger partial charge in [-0.1, -0.05) is 6.07 Å². The van der Waals surface area contributed by atoms with Gasteiger partial charge in [0.2, 0.25) is 5.91 Å². The lowest BCUT2D eigenvalue weighted by Gasteiger charge is -2.21. The number of carbonyl (C=O) groups excluding carboxylic acids is 2. The van der Waals surface area contributed by atoms with Gasteiger partial charge in [-0.25, -0.2) is 0 Å². The largest absolute Gasteiger partial charge is 0.492 e. The van der Waals surface area contributed by atoms with E-state index in [1.165, 1.54) is 13.0 Å². The van der Waals surface area contributed by atoms with Gasteiger partial charge >= 0.3 is 0 Å². The van der Waals surface area contributed by atoms with Crippen LogP contribution in [0, 0.1) is 0 Å². The number of fused-ring (bicyclic) bond motifs is 1. The molecule has 2 rings (SSSR count). The molecule has 6 heteroatoms.